The summed E-state index contributed by atoms with van der Waals surface area (Å²) < 4.78 is 0. The van der Waals surface area contributed by atoms with Gasteiger partial charge in [-0.3, -0.25) is 4.79 Å². The second-order valence-corrected chi connectivity index (χ2v) is 5.96. The van der Waals surface area contributed by atoms with Gasteiger partial charge in [-0.25, -0.2) is 0 Å². The molecule has 0 radical (unpaired) electrons. The van der Waals surface area contributed by atoms with Crippen LogP contribution in [0.3, 0.4) is 0 Å². The number of nitrogens with one attached hydrogen (secondary N) is 1. The van der Waals surface area contributed by atoms with E-state index in [-0.39, 0.29) is 6.04 Å². The van der Waals surface area contributed by atoms with E-state index in [4.69, 9.17) is 0 Å². The fourth-order valence-corrected chi connectivity index (χ4v) is 3.04. The summed E-state index contributed by atoms with van der Waals surface area (Å²) in [5.74, 6) is 3.22. The van der Waals surface area contributed by atoms with Crippen molar-refractivity contribution in [3.8, 4) is 0 Å². The van der Waals surface area contributed by atoms with Gasteiger partial charge in [0.2, 0.25) is 5.91 Å². The Bertz CT molecular complexity index is 237. The first-order valence-corrected chi connectivity index (χ1v) is 7.56. The molecule has 0 spiro atoms. The topological polar surface area (TPSA) is 32.3 Å². The van der Waals surface area contributed by atoms with Gasteiger partial charge in [0, 0.05) is 31.1 Å². The molecule has 4 heteroatoms. The molecule has 2 fully saturated rings. The van der Waals surface area contributed by atoms with E-state index in [0.29, 0.717) is 5.91 Å². The van der Waals surface area contributed by atoms with Gasteiger partial charge >= 0.3 is 0 Å². The van der Waals surface area contributed by atoms with Gasteiger partial charge in [-0.15, -0.1) is 0 Å². The number of carbonyl (C=O) groups excluding carboxylic acids is 1. The molecule has 1 aliphatic carbocycles. The van der Waals surface area contributed by atoms with Gasteiger partial charge < -0.3 is 10.2 Å². The average Bonchev–Trinajstić information content (AvgIpc) is 3.13. The molecule has 1 saturated heterocycles. The molecular weight excluding hydrogens is 220 g/mol. The number of hydrogen-bond donors (Lipinski definition) is 1. The number of carbonyl (C=O) groups is 1. The second kappa shape index (κ2) is 5.92. The van der Waals surface area contributed by atoms with E-state index in [1.807, 2.05) is 11.8 Å². The summed E-state index contributed by atoms with van der Waals surface area (Å²) in [5, 5.41) is 3.34. The first kappa shape index (κ1) is 12.2. The Morgan fingerprint density at radius 2 is 2.31 bits per heavy atom. The molecule has 16 heavy (non-hydrogen) atoms. The summed E-state index contributed by atoms with van der Waals surface area (Å²) in [6.07, 6.45) is 3.71. The molecule has 2 aliphatic rings. The molecule has 3 nitrogen and oxygen atoms in total. The highest BCUT2D eigenvalue weighted by Crippen LogP contribution is 2.30. The quantitative estimate of drug-likeness (QED) is 0.789. The van der Waals surface area contributed by atoms with Crippen LogP contribution in [0, 0.1) is 5.92 Å². The Balaban J connectivity index is 1.86. The van der Waals surface area contributed by atoms with Crippen LogP contribution in [0.5, 0.6) is 0 Å². The normalized spacial score (nSPS) is 25.4. The first-order chi connectivity index (χ1) is 7.81. The van der Waals surface area contributed by atoms with Crippen LogP contribution in [0.1, 0.15) is 26.2 Å². The highest BCUT2D eigenvalue weighted by molar-refractivity contribution is 7.99. The standard InChI is InChI=1S/C12H22N2OS/c1-2-6-14(8-10-3-4-10)12(15)11-9-16-7-5-13-11/h10-11,13H,2-9H2,1H3. The third-order valence-corrected chi connectivity index (χ3v) is 4.26. The van der Waals surface area contributed by atoms with E-state index in [0.717, 1.165) is 43.5 Å². The van der Waals surface area contributed by atoms with Crippen molar-refractivity contribution >= 4 is 17.7 Å². The molecule has 0 aromatic carbocycles. The SMILES string of the molecule is CCCN(CC1CC1)C(=O)C1CSCCN1. The van der Waals surface area contributed by atoms with E-state index in [2.05, 4.69) is 17.1 Å². The number of hydrogen-bond acceptors (Lipinski definition) is 3. The summed E-state index contributed by atoms with van der Waals surface area (Å²) in [6, 6.07) is 0.0732. The van der Waals surface area contributed by atoms with Crippen molar-refractivity contribution in [2.24, 2.45) is 5.92 Å². The van der Waals surface area contributed by atoms with Gasteiger partial charge in [0.25, 0.3) is 0 Å². The largest absolute Gasteiger partial charge is 0.341 e. The minimum atomic E-state index is 0.0732. The number of rotatable bonds is 5. The van der Waals surface area contributed by atoms with Crippen molar-refractivity contribution in [2.45, 2.75) is 32.2 Å². The zero-order valence-electron chi connectivity index (χ0n) is 10.1. The zero-order valence-corrected chi connectivity index (χ0v) is 10.9. The summed E-state index contributed by atoms with van der Waals surface area (Å²) in [7, 11) is 0. The Morgan fingerprint density at radius 3 is 2.88 bits per heavy atom. The van der Waals surface area contributed by atoms with Crippen LogP contribution in [0.2, 0.25) is 0 Å². The average molecular weight is 242 g/mol. The molecular formula is C12H22N2OS. The van der Waals surface area contributed by atoms with Gasteiger partial charge in [-0.2, -0.15) is 11.8 Å². The summed E-state index contributed by atoms with van der Waals surface area (Å²) in [5.41, 5.74) is 0. The Morgan fingerprint density at radius 1 is 1.50 bits per heavy atom. The molecule has 1 amide bonds. The van der Waals surface area contributed by atoms with Crippen LogP contribution in [-0.4, -0.2) is 48.0 Å². The van der Waals surface area contributed by atoms with E-state index in [1.165, 1.54) is 12.8 Å². The van der Waals surface area contributed by atoms with Gasteiger partial charge in [0.1, 0.15) is 0 Å². The highest BCUT2D eigenvalue weighted by Gasteiger charge is 2.30. The maximum Gasteiger partial charge on any atom is 0.240 e. The van der Waals surface area contributed by atoms with Gasteiger partial charge in [-0.1, -0.05) is 6.92 Å². The third-order valence-electron chi connectivity index (χ3n) is 3.20. The summed E-state index contributed by atoms with van der Waals surface area (Å²) >= 11 is 1.89. The zero-order chi connectivity index (χ0) is 11.4. The Labute approximate surface area is 102 Å². The Kier molecular flexibility index (Phi) is 4.53. The van der Waals surface area contributed by atoms with Crippen molar-refractivity contribution in [2.75, 3.05) is 31.1 Å². The summed E-state index contributed by atoms with van der Waals surface area (Å²) in [4.78, 5) is 14.4. The van der Waals surface area contributed by atoms with Crippen molar-refractivity contribution < 1.29 is 4.79 Å². The lowest BCUT2D eigenvalue weighted by Gasteiger charge is -2.29. The van der Waals surface area contributed by atoms with Crippen molar-refractivity contribution in [3.63, 3.8) is 0 Å². The van der Waals surface area contributed by atoms with Crippen molar-refractivity contribution in [1.82, 2.24) is 10.2 Å². The van der Waals surface area contributed by atoms with Crippen molar-refractivity contribution in [1.29, 1.82) is 0 Å². The number of amides is 1. The van der Waals surface area contributed by atoms with E-state index in [9.17, 15) is 4.79 Å². The molecule has 0 bridgehead atoms. The molecule has 0 aromatic heterocycles. The third kappa shape index (κ3) is 3.39. The molecule has 1 aliphatic heterocycles. The maximum atomic E-state index is 12.3. The molecule has 2 rings (SSSR count). The fraction of sp³-hybridized carbons (Fsp3) is 0.917. The monoisotopic (exact) mass is 242 g/mol. The van der Waals surface area contributed by atoms with E-state index >= 15 is 0 Å². The van der Waals surface area contributed by atoms with Crippen LogP contribution in [0.4, 0.5) is 0 Å². The molecule has 1 N–H and O–H groups in total. The van der Waals surface area contributed by atoms with Crippen LogP contribution < -0.4 is 5.32 Å². The van der Waals surface area contributed by atoms with Crippen LogP contribution in [0.15, 0.2) is 0 Å². The highest BCUT2D eigenvalue weighted by atomic mass is 32.2. The number of nitrogens with zero attached hydrogens (tertiary/aromatic N) is 1. The molecule has 1 unspecified atom stereocenters. The lowest BCUT2D eigenvalue weighted by atomic mass is 10.2. The maximum absolute atomic E-state index is 12.3. The predicted octanol–water partition coefficient (Wildman–Crippen LogP) is 1.34. The summed E-state index contributed by atoms with van der Waals surface area (Å²) in [6.45, 7) is 5.05. The van der Waals surface area contributed by atoms with Gasteiger partial charge in [0.05, 0.1) is 6.04 Å². The van der Waals surface area contributed by atoms with E-state index in [1.54, 1.807) is 0 Å². The lowest BCUT2D eigenvalue weighted by Crippen LogP contribution is -2.51. The molecule has 92 valence electrons. The van der Waals surface area contributed by atoms with Crippen molar-refractivity contribution in [3.05, 3.63) is 0 Å². The Hall–Kier alpha value is -0.220. The molecule has 1 heterocycles. The first-order valence-electron chi connectivity index (χ1n) is 6.41. The van der Waals surface area contributed by atoms with E-state index < -0.39 is 0 Å². The molecule has 1 saturated carbocycles. The van der Waals surface area contributed by atoms with Crippen LogP contribution in [-0.2, 0) is 4.79 Å². The second-order valence-electron chi connectivity index (χ2n) is 4.81. The fourth-order valence-electron chi connectivity index (χ4n) is 2.12. The minimum Gasteiger partial charge on any atom is -0.341 e. The molecule has 0 aromatic rings. The van der Waals surface area contributed by atoms with Gasteiger partial charge in [0.15, 0.2) is 0 Å². The van der Waals surface area contributed by atoms with Gasteiger partial charge in [-0.05, 0) is 25.2 Å². The number of thioether (sulfide) groups is 1. The minimum absolute atomic E-state index is 0.0732. The lowest BCUT2D eigenvalue weighted by molar-refractivity contribution is -0.133. The predicted molar refractivity (Wildman–Crippen MR) is 68.7 cm³/mol. The smallest absolute Gasteiger partial charge is 0.240 e. The van der Waals surface area contributed by atoms with Crippen LogP contribution >= 0.6 is 11.8 Å². The molecule has 1 atom stereocenters. The van der Waals surface area contributed by atoms with Crippen LogP contribution in [0.25, 0.3) is 0 Å².